The number of likely N-dealkylation sites (tertiary alicyclic amines) is 1. The second-order valence-corrected chi connectivity index (χ2v) is 8.81. The number of hydrogen-bond acceptors (Lipinski definition) is 8. The Balaban J connectivity index is 1.32. The summed E-state index contributed by atoms with van der Waals surface area (Å²) in [6.45, 7) is 2.11. The summed E-state index contributed by atoms with van der Waals surface area (Å²) in [5.41, 5.74) is 10.0. The summed E-state index contributed by atoms with van der Waals surface area (Å²) in [6, 6.07) is 16.0. The molecule has 36 heavy (non-hydrogen) atoms. The van der Waals surface area contributed by atoms with Crippen molar-refractivity contribution in [3.8, 4) is 23.0 Å². The molecule has 10 heteroatoms. The number of nitrogens with one attached hydrogen (secondary N) is 1. The van der Waals surface area contributed by atoms with Gasteiger partial charge in [-0.1, -0.05) is 12.1 Å². The second-order valence-electron chi connectivity index (χ2n) is 8.81. The summed E-state index contributed by atoms with van der Waals surface area (Å²) in [5.74, 6) is 1.63. The molecule has 5 rings (SSSR count). The fraction of sp³-hybridized carbons (Fsp3) is 0.308. The van der Waals surface area contributed by atoms with Gasteiger partial charge in [-0.3, -0.25) is 9.69 Å². The molecule has 0 spiro atoms. The summed E-state index contributed by atoms with van der Waals surface area (Å²) in [6.07, 6.45) is 3.80. The van der Waals surface area contributed by atoms with E-state index < -0.39 is 0 Å². The molecule has 3 N–H and O–H groups in total. The zero-order valence-electron chi connectivity index (χ0n) is 20.3. The monoisotopic (exact) mass is 487 g/mol. The third kappa shape index (κ3) is 4.94. The number of rotatable bonds is 8. The molecule has 0 atom stereocenters. The van der Waals surface area contributed by atoms with Crippen LogP contribution in [0.5, 0.6) is 11.8 Å². The maximum Gasteiger partial charge on any atom is 0.245 e. The lowest BCUT2D eigenvalue weighted by atomic mass is 9.89. The van der Waals surface area contributed by atoms with Gasteiger partial charge in [0.25, 0.3) is 0 Å². The van der Waals surface area contributed by atoms with Crippen molar-refractivity contribution in [2.45, 2.75) is 18.8 Å². The maximum atomic E-state index is 11.2. The number of amides is 1. The average Bonchev–Trinajstić information content (AvgIpc) is 3.32. The topological polar surface area (TPSA) is 120 Å². The van der Waals surface area contributed by atoms with Crippen LogP contribution in [0, 0.1) is 0 Å². The van der Waals surface area contributed by atoms with Crippen molar-refractivity contribution in [1.29, 1.82) is 0 Å². The van der Waals surface area contributed by atoms with E-state index in [-0.39, 0.29) is 5.91 Å². The largest absolute Gasteiger partial charge is 0.481 e. The Morgan fingerprint density at radius 1 is 1.06 bits per heavy atom. The molecule has 186 valence electrons. The summed E-state index contributed by atoms with van der Waals surface area (Å²) < 4.78 is 12.5. The van der Waals surface area contributed by atoms with Gasteiger partial charge in [-0.05, 0) is 67.7 Å². The number of primary amides is 1. The number of piperidine rings is 1. The Bertz CT molecular complexity index is 1360. The van der Waals surface area contributed by atoms with Crippen LogP contribution in [0.15, 0.2) is 54.7 Å². The van der Waals surface area contributed by atoms with Gasteiger partial charge in [0.1, 0.15) is 0 Å². The minimum atomic E-state index is -0.267. The molecule has 4 heterocycles. The van der Waals surface area contributed by atoms with Crippen LogP contribution < -0.4 is 20.5 Å². The number of ether oxygens (including phenoxy) is 2. The van der Waals surface area contributed by atoms with Crippen LogP contribution >= 0.6 is 0 Å². The second kappa shape index (κ2) is 10.2. The highest BCUT2D eigenvalue weighted by Gasteiger charge is 2.21. The first-order chi connectivity index (χ1) is 17.5. The maximum absolute atomic E-state index is 11.2. The molecule has 4 aromatic rings. The van der Waals surface area contributed by atoms with Crippen LogP contribution in [-0.4, -0.2) is 64.2 Å². The van der Waals surface area contributed by atoms with Crippen LogP contribution in [0.25, 0.3) is 16.8 Å². The highest BCUT2D eigenvalue weighted by Crippen LogP contribution is 2.32. The molecular formula is C26H29N7O3. The normalized spacial score (nSPS) is 14.6. The molecule has 3 aromatic heterocycles. The number of carbonyl (C=O) groups excluding carboxylic acids is 1. The Labute approximate surface area is 209 Å². The van der Waals surface area contributed by atoms with E-state index in [1.807, 2.05) is 34.8 Å². The molecule has 0 unspecified atom stereocenters. The van der Waals surface area contributed by atoms with Crippen molar-refractivity contribution in [1.82, 2.24) is 24.5 Å². The number of carbonyl (C=O) groups is 1. The number of aromatic nitrogens is 4. The van der Waals surface area contributed by atoms with E-state index in [0.29, 0.717) is 30.2 Å². The van der Waals surface area contributed by atoms with E-state index in [4.69, 9.17) is 20.3 Å². The molecule has 1 aliphatic heterocycles. The van der Waals surface area contributed by atoms with Gasteiger partial charge in [0.05, 0.1) is 43.7 Å². The molecule has 1 fully saturated rings. The van der Waals surface area contributed by atoms with Gasteiger partial charge in [0, 0.05) is 11.8 Å². The van der Waals surface area contributed by atoms with Gasteiger partial charge >= 0.3 is 0 Å². The van der Waals surface area contributed by atoms with Crippen LogP contribution in [0.4, 0.5) is 11.6 Å². The number of methoxy groups -OCH3 is 2. The quantitative estimate of drug-likeness (QED) is 0.389. The van der Waals surface area contributed by atoms with E-state index in [2.05, 4.69) is 32.3 Å². The van der Waals surface area contributed by atoms with Crippen LogP contribution in [-0.2, 0) is 4.79 Å². The first-order valence-corrected chi connectivity index (χ1v) is 11.9. The van der Waals surface area contributed by atoms with Crippen molar-refractivity contribution < 1.29 is 14.3 Å². The smallest absolute Gasteiger partial charge is 0.245 e. The van der Waals surface area contributed by atoms with Crippen molar-refractivity contribution >= 4 is 23.1 Å². The molecule has 0 saturated carbocycles. The van der Waals surface area contributed by atoms with Crippen LogP contribution in [0.2, 0.25) is 0 Å². The van der Waals surface area contributed by atoms with Gasteiger partial charge in [-0.15, -0.1) is 5.10 Å². The fourth-order valence-corrected chi connectivity index (χ4v) is 4.66. The minimum Gasteiger partial charge on any atom is -0.481 e. The van der Waals surface area contributed by atoms with Gasteiger partial charge < -0.3 is 20.5 Å². The molecule has 0 aliphatic carbocycles. The van der Waals surface area contributed by atoms with E-state index in [1.54, 1.807) is 26.5 Å². The first kappa shape index (κ1) is 23.6. The van der Waals surface area contributed by atoms with Gasteiger partial charge in [-0.25, -0.2) is 9.50 Å². The lowest BCUT2D eigenvalue weighted by Crippen LogP contribution is -2.39. The molecular weight excluding hydrogens is 458 g/mol. The van der Waals surface area contributed by atoms with Crippen LogP contribution in [0.3, 0.4) is 0 Å². The first-order valence-electron chi connectivity index (χ1n) is 11.9. The Hall–Kier alpha value is -4.18. The van der Waals surface area contributed by atoms with Crippen molar-refractivity contribution in [3.63, 3.8) is 0 Å². The van der Waals surface area contributed by atoms with Crippen molar-refractivity contribution in [2.24, 2.45) is 5.73 Å². The number of hydrogen-bond donors (Lipinski definition) is 2. The lowest BCUT2D eigenvalue weighted by Gasteiger charge is -2.31. The summed E-state index contributed by atoms with van der Waals surface area (Å²) in [7, 11) is 3.15. The van der Waals surface area contributed by atoms with Crippen LogP contribution in [0.1, 0.15) is 24.3 Å². The Kier molecular flexibility index (Phi) is 6.68. The fourth-order valence-electron chi connectivity index (χ4n) is 4.66. The third-order valence-corrected chi connectivity index (χ3v) is 6.52. The predicted molar refractivity (Wildman–Crippen MR) is 137 cm³/mol. The van der Waals surface area contributed by atoms with Crippen molar-refractivity contribution in [2.75, 3.05) is 39.2 Å². The zero-order chi connectivity index (χ0) is 25.1. The Morgan fingerprint density at radius 2 is 1.83 bits per heavy atom. The average molecular weight is 488 g/mol. The minimum absolute atomic E-state index is 0.267. The van der Waals surface area contributed by atoms with Gasteiger partial charge in [-0.2, -0.15) is 4.98 Å². The Morgan fingerprint density at radius 3 is 2.53 bits per heavy atom. The molecule has 1 aliphatic rings. The van der Waals surface area contributed by atoms with E-state index >= 15 is 0 Å². The molecule has 1 aromatic carbocycles. The number of fused-ring (bicyclic) bond motifs is 1. The number of anilines is 2. The number of pyridine rings is 1. The van der Waals surface area contributed by atoms with Gasteiger partial charge in [0.15, 0.2) is 0 Å². The molecule has 10 nitrogen and oxygen atoms in total. The third-order valence-electron chi connectivity index (χ3n) is 6.52. The molecule has 1 saturated heterocycles. The molecule has 1 amide bonds. The lowest BCUT2D eigenvalue weighted by molar-refractivity contribution is -0.119. The standard InChI is InChI=1S/C26H29N7O3/c1-35-24-10-8-21(25(30-24)36-2)22-9-7-20-15-28-26(31-33(20)22)29-19-5-3-17(4-6-19)18-11-13-32(14-12-18)16-23(27)34/h3-10,15,18H,11-14,16H2,1-2H3,(H2,27,34)(H,29,31). The highest BCUT2D eigenvalue weighted by molar-refractivity contribution is 5.76. The number of benzene rings is 1. The number of nitrogens with two attached hydrogens (primary N) is 1. The van der Waals surface area contributed by atoms with Crippen molar-refractivity contribution in [3.05, 3.63) is 60.3 Å². The summed E-state index contributed by atoms with van der Waals surface area (Å²) in [4.78, 5) is 22.1. The molecule has 0 bridgehead atoms. The summed E-state index contributed by atoms with van der Waals surface area (Å²) in [5, 5.41) is 8.01. The zero-order valence-corrected chi connectivity index (χ0v) is 20.3. The van der Waals surface area contributed by atoms with E-state index in [1.165, 1.54) is 5.56 Å². The summed E-state index contributed by atoms with van der Waals surface area (Å²) >= 11 is 0. The van der Waals surface area contributed by atoms with Gasteiger partial charge in [0.2, 0.25) is 23.6 Å². The predicted octanol–water partition coefficient (Wildman–Crippen LogP) is 3.22. The number of nitrogens with zero attached hydrogens (tertiary/aromatic N) is 5. The molecule has 0 radical (unpaired) electrons. The van der Waals surface area contributed by atoms with E-state index in [0.717, 1.165) is 48.4 Å². The highest BCUT2D eigenvalue weighted by atomic mass is 16.5. The van der Waals surface area contributed by atoms with E-state index in [9.17, 15) is 4.79 Å². The SMILES string of the molecule is COc1ccc(-c2ccc3cnc(Nc4ccc(C5CCN(CC(N)=O)CC5)cc4)nn23)c(OC)n1.